The van der Waals surface area contributed by atoms with E-state index in [2.05, 4.69) is 11.8 Å². The molecule has 212 valence electrons. The Morgan fingerprint density at radius 1 is 1.00 bits per heavy atom. The number of aliphatic hydroxyl groups is 3. The molecule has 0 aliphatic heterocycles. The number of fused-ring (bicyclic) bond motifs is 3. The van der Waals surface area contributed by atoms with E-state index in [4.69, 9.17) is 0 Å². The maximum Gasteiger partial charge on any atom is 0.203 e. The Bertz CT molecular complexity index is 1680. The van der Waals surface area contributed by atoms with Crippen LogP contribution in [0.2, 0.25) is 0 Å². The lowest BCUT2D eigenvalue weighted by Gasteiger charge is -2.56. The lowest BCUT2D eigenvalue weighted by molar-refractivity contribution is -0.164. The Balaban J connectivity index is 1.76. The molecule has 3 aliphatic rings. The molecule has 2 aromatic carbocycles. The molecule has 0 heterocycles. The molecule has 7 nitrogen and oxygen atoms in total. The summed E-state index contributed by atoms with van der Waals surface area (Å²) < 4.78 is 0. The zero-order valence-corrected chi connectivity index (χ0v) is 24.1. The summed E-state index contributed by atoms with van der Waals surface area (Å²) in [6, 6.07) is 9.41. The number of hydrogen-bond donors (Lipinski definition) is 4. The third kappa shape index (κ3) is 3.96. The van der Waals surface area contributed by atoms with E-state index in [1.165, 1.54) is 0 Å². The normalized spacial score (nSPS) is 27.2. The van der Waals surface area contributed by atoms with Crippen molar-refractivity contribution in [3.63, 3.8) is 0 Å². The van der Waals surface area contributed by atoms with Gasteiger partial charge in [-0.2, -0.15) is 0 Å². The van der Waals surface area contributed by atoms with Crippen LogP contribution >= 0.6 is 0 Å². The molecular formula is C34H34O7. The van der Waals surface area contributed by atoms with Crippen LogP contribution in [0.4, 0.5) is 0 Å². The van der Waals surface area contributed by atoms with Gasteiger partial charge in [-0.25, -0.2) is 0 Å². The molecule has 1 saturated carbocycles. The van der Waals surface area contributed by atoms with Gasteiger partial charge in [0.1, 0.15) is 22.8 Å². The lowest BCUT2D eigenvalue weighted by atomic mass is 9.47. The summed E-state index contributed by atoms with van der Waals surface area (Å²) in [7, 11) is 0. The molecule has 7 heteroatoms. The van der Waals surface area contributed by atoms with Crippen molar-refractivity contribution >= 4 is 23.1 Å². The first-order valence-electron chi connectivity index (χ1n) is 13.7. The largest absolute Gasteiger partial charge is 0.508 e. The van der Waals surface area contributed by atoms with Crippen LogP contribution in [0.15, 0.2) is 47.2 Å². The van der Waals surface area contributed by atoms with E-state index in [9.17, 15) is 34.8 Å². The number of carbonyl (C=O) groups is 3. The first-order valence-corrected chi connectivity index (χ1v) is 13.7. The van der Waals surface area contributed by atoms with Gasteiger partial charge >= 0.3 is 0 Å². The quantitative estimate of drug-likeness (QED) is 0.299. The highest BCUT2D eigenvalue weighted by molar-refractivity contribution is 6.23. The Morgan fingerprint density at radius 3 is 2.22 bits per heavy atom. The van der Waals surface area contributed by atoms with Gasteiger partial charge in [0.25, 0.3) is 0 Å². The van der Waals surface area contributed by atoms with E-state index in [0.717, 1.165) is 23.6 Å². The summed E-state index contributed by atoms with van der Waals surface area (Å²) >= 11 is 0. The van der Waals surface area contributed by atoms with Gasteiger partial charge in [0.05, 0.1) is 11.1 Å². The van der Waals surface area contributed by atoms with Gasteiger partial charge in [-0.15, -0.1) is 0 Å². The Hall–Kier alpha value is -4.15. The standard InChI is InChI=1S/C34H34O7/c1-17(2)22-13-21(12-11-20-9-7-18(3)8-10-20)28(37)26-23(22)14-32(5)16-33(6)15-24(36)25(19(4)35)30(39)34(33,41)31(40)27(32)29(26)38/h7-10,13,17,37-39,41H,14-16H2,1-6H3/t32-,33+,34+/m1/s1. The molecule has 0 bridgehead atoms. The number of rotatable bonds is 2. The minimum Gasteiger partial charge on any atom is -0.508 e. The molecule has 0 unspecified atom stereocenters. The predicted molar refractivity (Wildman–Crippen MR) is 153 cm³/mol. The monoisotopic (exact) mass is 554 g/mol. The van der Waals surface area contributed by atoms with E-state index < -0.39 is 50.9 Å². The van der Waals surface area contributed by atoms with Crippen LogP contribution < -0.4 is 0 Å². The second-order valence-electron chi connectivity index (χ2n) is 12.6. The highest BCUT2D eigenvalue weighted by Crippen LogP contribution is 2.63. The Morgan fingerprint density at radius 2 is 1.63 bits per heavy atom. The van der Waals surface area contributed by atoms with Crippen LogP contribution in [-0.2, 0) is 20.8 Å². The number of Topliss-reactive ketones (excluding diaryl/α,β-unsaturated/α-hetero) is 3. The molecule has 0 radical (unpaired) electrons. The highest BCUT2D eigenvalue weighted by Gasteiger charge is 2.68. The Kier molecular flexibility index (Phi) is 6.36. The smallest absolute Gasteiger partial charge is 0.203 e. The lowest BCUT2D eigenvalue weighted by Crippen LogP contribution is -2.65. The van der Waals surface area contributed by atoms with Crippen LogP contribution in [-0.4, -0.2) is 43.4 Å². The summed E-state index contributed by atoms with van der Waals surface area (Å²) in [5.74, 6) is 1.89. The van der Waals surface area contributed by atoms with Crippen LogP contribution in [0.5, 0.6) is 5.75 Å². The predicted octanol–water partition coefficient (Wildman–Crippen LogP) is 5.14. The number of allylic oxidation sites excluding steroid dienone is 1. The number of aryl methyl sites for hydroxylation is 1. The van der Waals surface area contributed by atoms with Crippen molar-refractivity contribution in [2.45, 2.75) is 72.3 Å². The summed E-state index contributed by atoms with van der Waals surface area (Å²) in [4.78, 5) is 39.3. The number of aliphatic hydroxyl groups excluding tert-OH is 2. The van der Waals surface area contributed by atoms with Crippen LogP contribution in [0.3, 0.4) is 0 Å². The Labute approximate surface area is 239 Å². The van der Waals surface area contributed by atoms with Gasteiger partial charge in [-0.05, 0) is 61.9 Å². The molecule has 0 saturated heterocycles. The number of aromatic hydroxyl groups is 1. The molecule has 3 aliphatic carbocycles. The van der Waals surface area contributed by atoms with Gasteiger partial charge in [0.2, 0.25) is 5.78 Å². The van der Waals surface area contributed by atoms with Gasteiger partial charge in [0, 0.05) is 28.4 Å². The van der Waals surface area contributed by atoms with Crippen LogP contribution in [0.1, 0.15) is 86.8 Å². The van der Waals surface area contributed by atoms with Crippen molar-refractivity contribution in [3.05, 3.63) is 80.6 Å². The maximum atomic E-state index is 14.2. The first-order chi connectivity index (χ1) is 19.1. The van der Waals surface area contributed by atoms with E-state index in [0.29, 0.717) is 5.56 Å². The minimum atomic E-state index is -2.60. The second kappa shape index (κ2) is 9.19. The average Bonchev–Trinajstić information content (AvgIpc) is 2.86. The molecule has 5 rings (SSSR count). The summed E-state index contributed by atoms with van der Waals surface area (Å²) in [5.41, 5.74) is -2.13. The number of phenols is 1. The molecule has 4 N–H and O–H groups in total. The van der Waals surface area contributed by atoms with E-state index in [-0.39, 0.29) is 47.6 Å². The zero-order valence-electron chi connectivity index (χ0n) is 24.1. The van der Waals surface area contributed by atoms with Gasteiger partial charge in [-0.3, -0.25) is 14.4 Å². The minimum absolute atomic E-state index is 0.0182. The third-order valence-electron chi connectivity index (χ3n) is 9.07. The number of phenolic OH excluding ortho intramolecular Hbond substituents is 1. The number of benzene rings is 2. The molecule has 3 atom stereocenters. The van der Waals surface area contributed by atoms with Crippen molar-refractivity contribution < 1.29 is 34.8 Å². The fourth-order valence-electron chi connectivity index (χ4n) is 7.13. The number of hydrogen-bond acceptors (Lipinski definition) is 7. The number of ketones is 3. The summed E-state index contributed by atoms with van der Waals surface area (Å²) in [6.07, 6.45) is -0.0139. The molecule has 41 heavy (non-hydrogen) atoms. The maximum absolute atomic E-state index is 14.2. The van der Waals surface area contributed by atoms with Crippen LogP contribution in [0.25, 0.3) is 5.76 Å². The molecule has 1 fully saturated rings. The summed E-state index contributed by atoms with van der Waals surface area (Å²) in [5, 5.41) is 46.1. The molecule has 0 aromatic heterocycles. The van der Waals surface area contributed by atoms with Crippen molar-refractivity contribution in [2.75, 3.05) is 0 Å². The molecule has 2 aromatic rings. The van der Waals surface area contributed by atoms with E-state index >= 15 is 0 Å². The van der Waals surface area contributed by atoms with Gasteiger partial charge in [-0.1, -0.05) is 57.2 Å². The average molecular weight is 555 g/mol. The molecular weight excluding hydrogens is 520 g/mol. The summed E-state index contributed by atoms with van der Waals surface area (Å²) in [6.45, 7) is 10.4. The fourth-order valence-corrected chi connectivity index (χ4v) is 7.13. The van der Waals surface area contributed by atoms with Gasteiger partial charge in [0.15, 0.2) is 17.2 Å². The topological polar surface area (TPSA) is 132 Å². The van der Waals surface area contributed by atoms with E-state index in [1.807, 2.05) is 51.1 Å². The first kappa shape index (κ1) is 28.4. The van der Waals surface area contributed by atoms with Gasteiger partial charge < -0.3 is 20.4 Å². The van der Waals surface area contributed by atoms with Crippen molar-refractivity contribution in [2.24, 2.45) is 10.8 Å². The van der Waals surface area contributed by atoms with Crippen molar-refractivity contribution in [3.8, 4) is 17.6 Å². The third-order valence-corrected chi connectivity index (χ3v) is 9.07. The molecule has 0 amide bonds. The molecule has 0 spiro atoms. The second-order valence-corrected chi connectivity index (χ2v) is 12.6. The van der Waals surface area contributed by atoms with Crippen LogP contribution in [0, 0.1) is 29.6 Å². The number of carbonyl (C=O) groups excluding carboxylic acids is 3. The highest BCUT2D eigenvalue weighted by atomic mass is 16.3. The van der Waals surface area contributed by atoms with E-state index in [1.54, 1.807) is 13.8 Å². The van der Waals surface area contributed by atoms with Crippen molar-refractivity contribution in [1.29, 1.82) is 0 Å². The van der Waals surface area contributed by atoms with Crippen molar-refractivity contribution in [1.82, 2.24) is 0 Å². The zero-order chi connectivity index (χ0) is 30.2. The SMILES string of the molecule is CC(=O)C1=C(O)[C@]2(O)C(=O)C3=C(O)c4c(O)c(C#Cc5ccc(C)cc5)cc(C(C)C)c4C[C@]3(C)C[C@]2(C)CC1=O. The fraction of sp³-hybridized carbons (Fsp3) is 0.382.